The van der Waals surface area contributed by atoms with Crippen LogP contribution < -0.4 is 0 Å². The van der Waals surface area contributed by atoms with Crippen molar-refractivity contribution in [2.45, 2.75) is 66.8 Å². The van der Waals surface area contributed by atoms with Crippen molar-refractivity contribution in [2.75, 3.05) is 46.2 Å². The van der Waals surface area contributed by atoms with Crippen LogP contribution in [-0.2, 0) is 51.4 Å². The zero-order valence-corrected chi connectivity index (χ0v) is 25.9. The molecule has 40 heavy (non-hydrogen) atoms. The highest BCUT2D eigenvalue weighted by molar-refractivity contribution is 6.60. The molecule has 0 aromatic heterocycles. The van der Waals surface area contributed by atoms with Gasteiger partial charge in [0.1, 0.15) is 19.8 Å². The molecule has 11 nitrogen and oxygen atoms in total. The Bertz CT molecular complexity index is 806. The van der Waals surface area contributed by atoms with Crippen LogP contribution in [0.3, 0.4) is 0 Å². The number of esters is 4. The smallest absolute Gasteiger partial charge is 0.466 e. The van der Waals surface area contributed by atoms with E-state index < -0.39 is 38.1 Å². The Hall–Kier alpha value is -2.80. The van der Waals surface area contributed by atoms with Gasteiger partial charge in [0.05, 0.1) is 12.0 Å². The molecule has 0 bridgehead atoms. The predicted molar refractivity (Wildman–Crippen MR) is 150 cm³/mol. The fraction of sp³-hybridized carbons (Fsp3) is 0.643. The summed E-state index contributed by atoms with van der Waals surface area (Å²) in [4.78, 5) is 48.9. The summed E-state index contributed by atoms with van der Waals surface area (Å²) >= 11 is 0. The van der Waals surface area contributed by atoms with Gasteiger partial charge < -0.3 is 32.2 Å². The van der Waals surface area contributed by atoms with Crippen molar-refractivity contribution in [1.82, 2.24) is 0 Å². The molecule has 0 fully saturated rings. The Morgan fingerprint density at radius 1 is 0.650 bits per heavy atom. The summed E-state index contributed by atoms with van der Waals surface area (Å²) in [6, 6.07) is 0.451. The van der Waals surface area contributed by atoms with E-state index in [0.29, 0.717) is 32.3 Å². The minimum atomic E-state index is -2.89. The quantitative estimate of drug-likeness (QED) is 0.0786. The molecule has 0 aliphatic heterocycles. The second-order valence-electron chi connectivity index (χ2n) is 9.38. The third-order valence-corrected chi connectivity index (χ3v) is 8.58. The number of hydrogen-bond donors (Lipinski definition) is 0. The largest absolute Gasteiger partial charge is 0.500 e. The molecule has 0 spiro atoms. The normalized spacial score (nSPS) is 11.3. The van der Waals surface area contributed by atoms with Crippen molar-refractivity contribution in [3.63, 3.8) is 0 Å². The maximum absolute atomic E-state index is 12.5. The molecule has 0 radical (unpaired) electrons. The molecular formula is C28H46O11Si. The van der Waals surface area contributed by atoms with Crippen LogP contribution in [0.15, 0.2) is 36.5 Å². The molecule has 0 unspecified atom stereocenters. The summed E-state index contributed by atoms with van der Waals surface area (Å²) in [7, 11) is -2.89. The lowest BCUT2D eigenvalue weighted by molar-refractivity contribution is -0.161. The minimum absolute atomic E-state index is 0.0463. The molecule has 0 amide bonds. The molecule has 0 saturated heterocycles. The summed E-state index contributed by atoms with van der Waals surface area (Å²) in [5.74, 6) is -2.50. The zero-order valence-electron chi connectivity index (χ0n) is 24.9. The Morgan fingerprint density at radius 2 is 1.02 bits per heavy atom. The molecule has 0 heterocycles. The number of carbonyl (C=O) groups is 4. The van der Waals surface area contributed by atoms with Gasteiger partial charge in [-0.15, -0.1) is 0 Å². The first-order valence-electron chi connectivity index (χ1n) is 13.3. The fourth-order valence-corrected chi connectivity index (χ4v) is 5.88. The van der Waals surface area contributed by atoms with Gasteiger partial charge in [0.25, 0.3) is 0 Å². The summed E-state index contributed by atoms with van der Waals surface area (Å²) < 4.78 is 38.9. The lowest BCUT2D eigenvalue weighted by atomic mass is 9.87. The van der Waals surface area contributed by atoms with E-state index in [4.69, 9.17) is 32.2 Å². The Balaban J connectivity index is 5.50. The van der Waals surface area contributed by atoms with E-state index in [1.807, 2.05) is 20.8 Å². The molecule has 0 aliphatic rings. The highest BCUT2D eigenvalue weighted by Gasteiger charge is 2.40. The Labute approximate surface area is 239 Å². The number of rotatable bonds is 22. The van der Waals surface area contributed by atoms with E-state index in [9.17, 15) is 19.2 Å². The highest BCUT2D eigenvalue weighted by atomic mass is 28.4. The third-order valence-electron chi connectivity index (χ3n) is 5.43. The fourth-order valence-electron chi connectivity index (χ4n) is 3.27. The number of hydrogen-bond acceptors (Lipinski definition) is 11. The van der Waals surface area contributed by atoms with Crippen molar-refractivity contribution < 1.29 is 51.4 Å². The van der Waals surface area contributed by atoms with Gasteiger partial charge in [0, 0.05) is 49.0 Å². The second-order valence-corrected chi connectivity index (χ2v) is 12.1. The van der Waals surface area contributed by atoms with Crippen LogP contribution in [0.4, 0.5) is 0 Å². The first-order chi connectivity index (χ1) is 18.8. The Kier molecular flexibility index (Phi) is 18.0. The average molecular weight is 587 g/mol. The van der Waals surface area contributed by atoms with Gasteiger partial charge in [-0.1, -0.05) is 19.7 Å². The summed E-state index contributed by atoms with van der Waals surface area (Å²) in [6.45, 7) is 21.0. The maximum atomic E-state index is 12.5. The highest BCUT2D eigenvalue weighted by Crippen LogP contribution is 2.27. The molecule has 0 N–H and O–H groups in total. The van der Waals surface area contributed by atoms with E-state index in [2.05, 4.69) is 19.7 Å². The minimum Gasteiger partial charge on any atom is -0.466 e. The van der Waals surface area contributed by atoms with Gasteiger partial charge in [-0.2, -0.15) is 0 Å². The molecule has 0 aliphatic carbocycles. The SMILES string of the molecule is C=C(C)C(=O)OCC(CCOC(=O)CCC[Si](OCC)(OCC)OCC)(COC(=O)C(=C)C)COC(=O)C(=C)C. The van der Waals surface area contributed by atoms with E-state index in [-0.39, 0.29) is 56.0 Å². The van der Waals surface area contributed by atoms with Gasteiger partial charge in [0.15, 0.2) is 0 Å². The summed E-state index contributed by atoms with van der Waals surface area (Å²) in [5.41, 5.74) is -0.750. The first-order valence-corrected chi connectivity index (χ1v) is 15.3. The molecule has 0 rings (SSSR count). The second kappa shape index (κ2) is 19.3. The van der Waals surface area contributed by atoms with E-state index >= 15 is 0 Å². The van der Waals surface area contributed by atoms with Crippen LogP contribution in [-0.4, -0.2) is 78.9 Å². The summed E-state index contributed by atoms with van der Waals surface area (Å²) in [5, 5.41) is 0. The van der Waals surface area contributed by atoms with E-state index in [1.165, 1.54) is 20.8 Å². The number of ether oxygens (including phenoxy) is 4. The molecule has 0 aromatic rings. The monoisotopic (exact) mass is 586 g/mol. The predicted octanol–water partition coefficient (Wildman–Crippen LogP) is 4.09. The standard InChI is InChI=1S/C28H46O11Si/c1-10-37-40(38-11-2,39-12-3)17-13-14-24(29)33-16-15-28(18-34-25(30)21(4)5,19-35-26(31)22(6)7)20-36-27(32)23(8)9/h4,6,8,10-20H2,1-3,5,7,9H3. The van der Waals surface area contributed by atoms with Crippen molar-refractivity contribution in [1.29, 1.82) is 0 Å². The van der Waals surface area contributed by atoms with E-state index in [0.717, 1.165) is 0 Å². The van der Waals surface area contributed by atoms with Crippen LogP contribution in [0.25, 0.3) is 0 Å². The van der Waals surface area contributed by atoms with Crippen LogP contribution >= 0.6 is 0 Å². The lowest BCUT2D eigenvalue weighted by Crippen LogP contribution is -2.46. The maximum Gasteiger partial charge on any atom is 0.500 e. The van der Waals surface area contributed by atoms with Gasteiger partial charge in [-0.3, -0.25) is 4.79 Å². The molecule has 0 saturated carbocycles. The van der Waals surface area contributed by atoms with Crippen molar-refractivity contribution in [2.24, 2.45) is 5.41 Å². The van der Waals surface area contributed by atoms with Gasteiger partial charge in [-0.05, 0) is 54.4 Å². The van der Waals surface area contributed by atoms with Gasteiger partial charge in [0.2, 0.25) is 0 Å². The van der Waals surface area contributed by atoms with Crippen molar-refractivity contribution >= 4 is 32.7 Å². The summed E-state index contributed by atoms with van der Waals surface area (Å²) in [6.07, 6.45) is 0.568. The van der Waals surface area contributed by atoms with Crippen LogP contribution in [0.2, 0.25) is 6.04 Å². The lowest BCUT2D eigenvalue weighted by Gasteiger charge is -2.32. The van der Waals surface area contributed by atoms with Gasteiger partial charge >= 0.3 is 32.7 Å². The molecule has 228 valence electrons. The topological polar surface area (TPSA) is 133 Å². The molecule has 0 atom stereocenters. The molecule has 0 aromatic carbocycles. The first kappa shape index (κ1) is 37.2. The van der Waals surface area contributed by atoms with Crippen LogP contribution in [0.5, 0.6) is 0 Å². The van der Waals surface area contributed by atoms with E-state index in [1.54, 1.807) is 0 Å². The molecular weight excluding hydrogens is 540 g/mol. The Morgan fingerprint density at radius 3 is 1.35 bits per heavy atom. The zero-order chi connectivity index (χ0) is 30.8. The van der Waals surface area contributed by atoms with Crippen LogP contribution in [0.1, 0.15) is 60.8 Å². The molecule has 12 heteroatoms. The van der Waals surface area contributed by atoms with Crippen molar-refractivity contribution in [3.05, 3.63) is 36.5 Å². The number of carbonyl (C=O) groups excluding carboxylic acids is 4. The van der Waals surface area contributed by atoms with Crippen molar-refractivity contribution in [3.8, 4) is 0 Å². The average Bonchev–Trinajstić information content (AvgIpc) is 2.88. The van der Waals surface area contributed by atoms with Crippen LogP contribution in [0, 0.1) is 5.41 Å². The third kappa shape index (κ3) is 14.5. The van der Waals surface area contributed by atoms with Gasteiger partial charge in [-0.25, -0.2) is 14.4 Å².